The number of ketones is 1. The van der Waals surface area contributed by atoms with Gasteiger partial charge in [-0.3, -0.25) is 4.79 Å². The Morgan fingerprint density at radius 1 is 1.28 bits per heavy atom. The minimum Gasteiger partial charge on any atom is -0.393 e. The van der Waals surface area contributed by atoms with Gasteiger partial charge in [-0.15, -0.1) is 11.3 Å². The van der Waals surface area contributed by atoms with Crippen LogP contribution in [0.1, 0.15) is 48.3 Å². The van der Waals surface area contributed by atoms with Gasteiger partial charge < -0.3 is 20.4 Å². The van der Waals surface area contributed by atoms with Crippen LogP contribution in [0.2, 0.25) is 0 Å². The molecule has 1 aromatic heterocycles. The zero-order valence-electron chi connectivity index (χ0n) is 17.1. The Labute approximate surface area is 177 Å². The van der Waals surface area contributed by atoms with Crippen LogP contribution >= 0.6 is 11.3 Å². The first kappa shape index (κ1) is 24.0. The van der Waals surface area contributed by atoms with Gasteiger partial charge in [0.25, 0.3) is 0 Å². The summed E-state index contributed by atoms with van der Waals surface area (Å²) in [6.45, 7) is 1.67. The van der Waals surface area contributed by atoms with Crippen LogP contribution in [0.3, 0.4) is 0 Å². The lowest BCUT2D eigenvalue weighted by molar-refractivity contribution is -0.121. The second kappa shape index (κ2) is 12.4. The second-order valence-corrected chi connectivity index (χ2v) is 9.28. The van der Waals surface area contributed by atoms with Crippen LogP contribution < -0.4 is 0 Å². The van der Waals surface area contributed by atoms with Crippen LogP contribution in [0, 0.1) is 18.8 Å². The summed E-state index contributed by atoms with van der Waals surface area (Å²) < 4.78 is 0. The van der Waals surface area contributed by atoms with Gasteiger partial charge >= 0.3 is 0 Å². The number of rotatable bonds is 12. The third kappa shape index (κ3) is 8.15. The molecule has 29 heavy (non-hydrogen) atoms. The molecule has 0 unspecified atom stereocenters. The van der Waals surface area contributed by atoms with Crippen molar-refractivity contribution in [2.24, 2.45) is 11.8 Å². The summed E-state index contributed by atoms with van der Waals surface area (Å²) in [7, 11) is 0. The van der Waals surface area contributed by atoms with Crippen LogP contribution in [-0.4, -0.2) is 51.1 Å². The molecule has 0 spiro atoms. The zero-order chi connectivity index (χ0) is 21.2. The topological polar surface area (TPSA) is 98.0 Å². The van der Waals surface area contributed by atoms with Crippen LogP contribution in [-0.2, 0) is 11.2 Å². The van der Waals surface area contributed by atoms with Crippen molar-refractivity contribution in [2.45, 2.75) is 70.2 Å². The number of hydrogen-bond acceptors (Lipinski definition) is 6. The fraction of sp³-hybridized carbons (Fsp3) is 0.609. The number of aliphatic hydroxyl groups is 4. The molecule has 1 fully saturated rings. The van der Waals surface area contributed by atoms with E-state index in [0.29, 0.717) is 32.1 Å². The van der Waals surface area contributed by atoms with Crippen LogP contribution in [0.25, 0.3) is 0 Å². The predicted molar refractivity (Wildman–Crippen MR) is 116 cm³/mol. The molecule has 0 radical (unpaired) electrons. The first-order valence-corrected chi connectivity index (χ1v) is 11.3. The number of unbranched alkanes of at least 4 members (excludes halogenated alkanes) is 1. The van der Waals surface area contributed by atoms with Crippen molar-refractivity contribution in [3.8, 4) is 0 Å². The number of allylic oxidation sites excluding steroid dienone is 2. The molecule has 1 aliphatic carbocycles. The molecule has 1 heterocycles. The number of carbonyl (C=O) groups is 1. The maximum atomic E-state index is 11.1. The van der Waals surface area contributed by atoms with Gasteiger partial charge in [-0.2, -0.15) is 0 Å². The molecule has 5 atom stereocenters. The molecule has 1 saturated carbocycles. The van der Waals surface area contributed by atoms with Gasteiger partial charge in [0.15, 0.2) is 5.78 Å². The molecule has 5 nitrogen and oxygen atoms in total. The fourth-order valence-electron chi connectivity index (χ4n) is 3.84. The zero-order valence-corrected chi connectivity index (χ0v) is 17.9. The van der Waals surface area contributed by atoms with Crippen molar-refractivity contribution in [1.29, 1.82) is 0 Å². The molecule has 1 aromatic rings. The smallest absolute Gasteiger partial charge is 0.158 e. The van der Waals surface area contributed by atoms with Gasteiger partial charge in [-0.05, 0) is 57.1 Å². The molecule has 0 bridgehead atoms. The lowest BCUT2D eigenvalue weighted by atomic mass is 9.89. The van der Waals surface area contributed by atoms with E-state index in [-0.39, 0.29) is 17.6 Å². The van der Waals surface area contributed by atoms with Gasteiger partial charge in [0.2, 0.25) is 0 Å². The summed E-state index contributed by atoms with van der Waals surface area (Å²) in [5.41, 5.74) is 0. The Morgan fingerprint density at radius 2 is 2.07 bits per heavy atom. The summed E-state index contributed by atoms with van der Waals surface area (Å²) in [4.78, 5) is 13.6. The summed E-state index contributed by atoms with van der Waals surface area (Å²) in [6, 6.07) is 4.18. The van der Waals surface area contributed by atoms with E-state index in [1.165, 1.54) is 9.75 Å². The van der Waals surface area contributed by atoms with Crippen molar-refractivity contribution < 1.29 is 25.2 Å². The lowest BCUT2D eigenvalue weighted by Crippen LogP contribution is -2.20. The lowest BCUT2D eigenvalue weighted by Gasteiger charge is -2.19. The molecule has 2 rings (SSSR count). The minimum atomic E-state index is -0.603. The van der Waals surface area contributed by atoms with Crippen LogP contribution in [0.15, 0.2) is 36.4 Å². The van der Waals surface area contributed by atoms with Gasteiger partial charge in [0.1, 0.15) is 6.61 Å². The quantitative estimate of drug-likeness (QED) is 0.307. The van der Waals surface area contributed by atoms with E-state index in [0.717, 1.165) is 12.8 Å². The highest BCUT2D eigenvalue weighted by Crippen LogP contribution is 2.36. The van der Waals surface area contributed by atoms with E-state index in [1.54, 1.807) is 17.4 Å². The predicted octanol–water partition coefficient (Wildman–Crippen LogP) is 2.94. The van der Waals surface area contributed by atoms with E-state index in [2.05, 4.69) is 19.1 Å². The largest absolute Gasteiger partial charge is 0.393 e. The third-order valence-corrected chi connectivity index (χ3v) is 6.59. The molecule has 0 amide bonds. The highest BCUT2D eigenvalue weighted by molar-refractivity contribution is 7.11. The van der Waals surface area contributed by atoms with E-state index in [4.69, 9.17) is 5.11 Å². The highest BCUT2D eigenvalue weighted by Gasteiger charge is 2.39. The Morgan fingerprint density at radius 3 is 2.76 bits per heavy atom. The average molecular weight is 423 g/mol. The third-order valence-electron chi connectivity index (χ3n) is 5.53. The number of Topliss-reactive ketones (excluding diaryl/α,β-unsaturated/α-hetero) is 1. The Hall–Kier alpha value is -1.31. The minimum absolute atomic E-state index is 0.0799. The first-order valence-electron chi connectivity index (χ1n) is 10.5. The molecule has 0 aromatic carbocycles. The van der Waals surface area contributed by atoms with Gasteiger partial charge in [-0.1, -0.05) is 24.3 Å². The summed E-state index contributed by atoms with van der Waals surface area (Å²) >= 11 is 1.74. The van der Waals surface area contributed by atoms with E-state index >= 15 is 0 Å². The first-order chi connectivity index (χ1) is 13.9. The number of thiophene rings is 1. The van der Waals surface area contributed by atoms with Crippen molar-refractivity contribution >= 4 is 17.1 Å². The molecular formula is C23H34O5S. The SMILES string of the molecule is Cc1ccc(CC[C@H](O)/C=C/[C@@H]2[C@@H](C/C=C\CCCC(=O)CO)[C@@H](O)C[C@H]2O)s1. The van der Waals surface area contributed by atoms with Crippen molar-refractivity contribution in [1.82, 2.24) is 0 Å². The van der Waals surface area contributed by atoms with Crippen molar-refractivity contribution in [3.05, 3.63) is 46.2 Å². The Kier molecular flexibility index (Phi) is 10.2. The fourth-order valence-corrected chi connectivity index (χ4v) is 4.74. The maximum Gasteiger partial charge on any atom is 0.158 e. The summed E-state index contributed by atoms with van der Waals surface area (Å²) in [5.74, 6) is -0.404. The Bertz CT molecular complexity index is 681. The van der Waals surface area contributed by atoms with Gasteiger partial charge in [0, 0.05) is 28.5 Å². The molecular weight excluding hydrogens is 388 g/mol. The number of aryl methyl sites for hydroxylation is 2. The molecule has 1 aliphatic rings. The molecule has 0 saturated heterocycles. The van der Waals surface area contributed by atoms with Crippen molar-refractivity contribution in [3.63, 3.8) is 0 Å². The van der Waals surface area contributed by atoms with Gasteiger partial charge in [0.05, 0.1) is 18.3 Å². The monoisotopic (exact) mass is 422 g/mol. The average Bonchev–Trinajstić information content (AvgIpc) is 3.23. The molecule has 4 N–H and O–H groups in total. The van der Waals surface area contributed by atoms with Crippen LogP contribution in [0.4, 0.5) is 0 Å². The molecule has 162 valence electrons. The normalized spacial score (nSPS) is 26.0. The standard InChI is InChI=1S/C23H34O5S/c1-16-8-11-19(29-16)12-9-17(25)10-13-21-20(22(27)14-23(21)28)7-5-3-2-4-6-18(26)15-24/h3,5,8,10-11,13,17,20-25,27-28H,2,4,6-7,9,12,14-15H2,1H3/b5-3-,13-10+/t17-,20+,21+,22-,23+/m0/s1. The van der Waals surface area contributed by atoms with Crippen LogP contribution in [0.5, 0.6) is 0 Å². The van der Waals surface area contributed by atoms with Crippen molar-refractivity contribution in [2.75, 3.05) is 6.61 Å². The number of carbonyl (C=O) groups excluding carboxylic acids is 1. The highest BCUT2D eigenvalue weighted by atomic mass is 32.1. The van der Waals surface area contributed by atoms with Gasteiger partial charge in [-0.25, -0.2) is 0 Å². The number of aliphatic hydroxyl groups excluding tert-OH is 4. The summed E-state index contributed by atoms with van der Waals surface area (Å²) in [6.07, 6.45) is 10.1. The molecule has 0 aliphatic heterocycles. The van der Waals surface area contributed by atoms with E-state index in [1.807, 2.05) is 18.2 Å². The molecule has 6 heteroatoms. The van der Waals surface area contributed by atoms with E-state index < -0.39 is 24.9 Å². The summed E-state index contributed by atoms with van der Waals surface area (Å²) in [5, 5.41) is 39.6. The number of hydrogen-bond donors (Lipinski definition) is 4. The maximum absolute atomic E-state index is 11.1. The second-order valence-electron chi connectivity index (χ2n) is 7.91. The van der Waals surface area contributed by atoms with E-state index in [9.17, 15) is 20.1 Å². The Balaban J connectivity index is 1.80.